The standard InChI is InChI=1S/C7H10N2O2/c1-11-3-2-9-4-7(5-10)8-6-9/h4-6H,2-3H2,1H3. The molecule has 0 fully saturated rings. The summed E-state index contributed by atoms with van der Waals surface area (Å²) >= 11 is 0. The number of nitrogens with zero attached hydrogens (tertiary/aromatic N) is 2. The summed E-state index contributed by atoms with van der Waals surface area (Å²) in [7, 11) is 1.64. The van der Waals surface area contributed by atoms with Crippen molar-refractivity contribution in [2.45, 2.75) is 6.54 Å². The molecule has 0 radical (unpaired) electrons. The number of aldehydes is 1. The molecule has 0 saturated heterocycles. The molecule has 0 unspecified atom stereocenters. The van der Waals surface area contributed by atoms with Crippen molar-refractivity contribution in [2.75, 3.05) is 13.7 Å². The number of hydrogen-bond donors (Lipinski definition) is 0. The number of aromatic nitrogens is 2. The third-order valence-electron chi connectivity index (χ3n) is 1.33. The van der Waals surface area contributed by atoms with Gasteiger partial charge in [0, 0.05) is 19.9 Å². The van der Waals surface area contributed by atoms with E-state index in [4.69, 9.17) is 4.74 Å². The molecular weight excluding hydrogens is 144 g/mol. The van der Waals surface area contributed by atoms with Crippen molar-refractivity contribution in [1.29, 1.82) is 0 Å². The van der Waals surface area contributed by atoms with Gasteiger partial charge in [-0.1, -0.05) is 0 Å². The van der Waals surface area contributed by atoms with Gasteiger partial charge in [0.1, 0.15) is 5.69 Å². The number of carbonyl (C=O) groups excluding carboxylic acids is 1. The van der Waals surface area contributed by atoms with E-state index in [-0.39, 0.29) is 0 Å². The summed E-state index contributed by atoms with van der Waals surface area (Å²) in [6, 6.07) is 0. The molecule has 0 aliphatic carbocycles. The van der Waals surface area contributed by atoms with Crippen molar-refractivity contribution < 1.29 is 9.53 Å². The van der Waals surface area contributed by atoms with Gasteiger partial charge in [0.2, 0.25) is 0 Å². The van der Waals surface area contributed by atoms with Gasteiger partial charge in [-0.05, 0) is 0 Å². The monoisotopic (exact) mass is 154 g/mol. The van der Waals surface area contributed by atoms with E-state index >= 15 is 0 Å². The average Bonchev–Trinajstić information content (AvgIpc) is 2.48. The average molecular weight is 154 g/mol. The van der Waals surface area contributed by atoms with Crippen LogP contribution in [-0.4, -0.2) is 29.6 Å². The summed E-state index contributed by atoms with van der Waals surface area (Å²) in [6.07, 6.45) is 4.03. The van der Waals surface area contributed by atoms with Crippen LogP contribution < -0.4 is 0 Å². The Morgan fingerprint density at radius 2 is 2.64 bits per heavy atom. The molecule has 60 valence electrons. The first-order valence-electron chi connectivity index (χ1n) is 3.32. The first-order valence-corrected chi connectivity index (χ1v) is 3.32. The minimum Gasteiger partial charge on any atom is -0.383 e. The fourth-order valence-electron chi connectivity index (χ4n) is 0.757. The van der Waals surface area contributed by atoms with Crippen molar-refractivity contribution in [3.8, 4) is 0 Å². The van der Waals surface area contributed by atoms with Crippen LogP contribution in [0.15, 0.2) is 12.5 Å². The molecule has 4 heteroatoms. The fraction of sp³-hybridized carbons (Fsp3) is 0.429. The molecule has 1 rings (SSSR count). The van der Waals surface area contributed by atoms with E-state index in [2.05, 4.69) is 4.98 Å². The zero-order chi connectivity index (χ0) is 8.10. The van der Waals surface area contributed by atoms with Crippen LogP contribution in [0, 0.1) is 0 Å². The predicted molar refractivity (Wildman–Crippen MR) is 39.5 cm³/mol. The largest absolute Gasteiger partial charge is 0.383 e. The first-order chi connectivity index (χ1) is 5.36. The van der Waals surface area contributed by atoms with Crippen LogP contribution in [0.3, 0.4) is 0 Å². The normalized spacial score (nSPS) is 9.91. The van der Waals surface area contributed by atoms with Crippen molar-refractivity contribution in [1.82, 2.24) is 9.55 Å². The van der Waals surface area contributed by atoms with Crippen LogP contribution in [0.5, 0.6) is 0 Å². The molecule has 11 heavy (non-hydrogen) atoms. The second kappa shape index (κ2) is 3.88. The molecule has 1 aromatic rings. The van der Waals surface area contributed by atoms with Crippen LogP contribution in [0.2, 0.25) is 0 Å². The minimum absolute atomic E-state index is 0.459. The molecule has 0 saturated carbocycles. The lowest BCUT2D eigenvalue weighted by atomic mass is 10.5. The van der Waals surface area contributed by atoms with Crippen molar-refractivity contribution in [3.05, 3.63) is 18.2 Å². The molecule has 0 atom stereocenters. The summed E-state index contributed by atoms with van der Waals surface area (Å²) in [5, 5.41) is 0. The predicted octanol–water partition coefficient (Wildman–Crippen LogP) is 0.342. The quantitative estimate of drug-likeness (QED) is 0.587. The van der Waals surface area contributed by atoms with Gasteiger partial charge in [0.15, 0.2) is 6.29 Å². The summed E-state index contributed by atoms with van der Waals surface area (Å²) in [5.74, 6) is 0. The van der Waals surface area contributed by atoms with E-state index in [0.717, 1.165) is 12.8 Å². The summed E-state index contributed by atoms with van der Waals surface area (Å²) in [5.41, 5.74) is 0.459. The zero-order valence-corrected chi connectivity index (χ0v) is 6.36. The molecule has 1 heterocycles. The number of rotatable bonds is 4. The van der Waals surface area contributed by atoms with E-state index in [1.807, 2.05) is 4.57 Å². The fourth-order valence-corrected chi connectivity index (χ4v) is 0.757. The SMILES string of the molecule is COCCn1cnc(C=O)c1. The molecule has 0 aliphatic rings. The van der Waals surface area contributed by atoms with Crippen LogP contribution in [0.1, 0.15) is 10.5 Å². The maximum atomic E-state index is 10.2. The van der Waals surface area contributed by atoms with E-state index in [0.29, 0.717) is 12.3 Å². The maximum Gasteiger partial charge on any atom is 0.169 e. The van der Waals surface area contributed by atoms with Crippen LogP contribution in [0.25, 0.3) is 0 Å². The van der Waals surface area contributed by atoms with Gasteiger partial charge in [-0.2, -0.15) is 0 Å². The third-order valence-corrected chi connectivity index (χ3v) is 1.33. The van der Waals surface area contributed by atoms with Crippen molar-refractivity contribution in [3.63, 3.8) is 0 Å². The van der Waals surface area contributed by atoms with Gasteiger partial charge in [-0.15, -0.1) is 0 Å². The number of imidazole rings is 1. The van der Waals surface area contributed by atoms with Gasteiger partial charge < -0.3 is 9.30 Å². The Labute approximate surface area is 64.8 Å². The molecule has 0 spiro atoms. The lowest BCUT2D eigenvalue weighted by Crippen LogP contribution is -2.00. The molecule has 0 amide bonds. The topological polar surface area (TPSA) is 44.1 Å². The summed E-state index contributed by atoms with van der Waals surface area (Å²) in [4.78, 5) is 14.0. The Morgan fingerprint density at radius 1 is 1.82 bits per heavy atom. The molecule has 4 nitrogen and oxygen atoms in total. The minimum atomic E-state index is 0.459. The Hall–Kier alpha value is -1.16. The van der Waals surface area contributed by atoms with Crippen LogP contribution >= 0.6 is 0 Å². The first kappa shape index (κ1) is 7.94. The van der Waals surface area contributed by atoms with Gasteiger partial charge in [-0.25, -0.2) is 4.98 Å². The molecule has 0 bridgehead atoms. The Morgan fingerprint density at radius 3 is 3.18 bits per heavy atom. The smallest absolute Gasteiger partial charge is 0.169 e. The summed E-state index contributed by atoms with van der Waals surface area (Å²) < 4.78 is 6.66. The summed E-state index contributed by atoms with van der Waals surface area (Å²) in [6.45, 7) is 1.37. The maximum absolute atomic E-state index is 10.2. The highest BCUT2D eigenvalue weighted by atomic mass is 16.5. The molecule has 1 aromatic heterocycles. The van der Waals surface area contributed by atoms with Crippen LogP contribution in [0.4, 0.5) is 0 Å². The highest BCUT2D eigenvalue weighted by Gasteiger charge is 1.94. The highest BCUT2D eigenvalue weighted by molar-refractivity contribution is 5.70. The van der Waals surface area contributed by atoms with E-state index in [9.17, 15) is 4.79 Å². The molecular formula is C7H10N2O2. The Kier molecular flexibility index (Phi) is 2.80. The lowest BCUT2D eigenvalue weighted by Gasteiger charge is -1.97. The number of carbonyl (C=O) groups is 1. The second-order valence-electron chi connectivity index (χ2n) is 2.15. The van der Waals surface area contributed by atoms with E-state index in [1.54, 1.807) is 19.6 Å². The highest BCUT2D eigenvalue weighted by Crippen LogP contribution is 1.91. The molecule has 0 aromatic carbocycles. The van der Waals surface area contributed by atoms with Gasteiger partial charge in [-0.3, -0.25) is 4.79 Å². The third kappa shape index (κ3) is 2.16. The zero-order valence-electron chi connectivity index (χ0n) is 6.36. The van der Waals surface area contributed by atoms with E-state index in [1.165, 1.54) is 0 Å². The molecule has 0 N–H and O–H groups in total. The van der Waals surface area contributed by atoms with Gasteiger partial charge >= 0.3 is 0 Å². The van der Waals surface area contributed by atoms with E-state index < -0.39 is 0 Å². The van der Waals surface area contributed by atoms with Crippen molar-refractivity contribution in [2.24, 2.45) is 0 Å². The van der Waals surface area contributed by atoms with Gasteiger partial charge in [0.25, 0.3) is 0 Å². The van der Waals surface area contributed by atoms with Crippen molar-refractivity contribution >= 4 is 6.29 Å². The number of ether oxygens (including phenoxy) is 1. The number of methoxy groups -OCH3 is 1. The number of hydrogen-bond acceptors (Lipinski definition) is 3. The Bertz CT molecular complexity index is 232. The van der Waals surface area contributed by atoms with Gasteiger partial charge in [0.05, 0.1) is 12.9 Å². The lowest BCUT2D eigenvalue weighted by molar-refractivity contribution is 0.111. The molecule has 0 aliphatic heterocycles. The second-order valence-corrected chi connectivity index (χ2v) is 2.15. The Balaban J connectivity index is 2.51. The van der Waals surface area contributed by atoms with Crippen LogP contribution in [-0.2, 0) is 11.3 Å².